The lowest BCUT2D eigenvalue weighted by atomic mass is 10.1. The Morgan fingerprint density at radius 3 is 2.73 bits per heavy atom. The molecule has 2 aliphatic rings. The number of fused-ring (bicyclic) bond motifs is 1. The number of amides is 1. The maximum Gasteiger partial charge on any atom is 0.218 e. The second-order valence-corrected chi connectivity index (χ2v) is 9.76. The zero-order valence-electron chi connectivity index (χ0n) is 18.5. The van der Waals surface area contributed by atoms with Gasteiger partial charge in [-0.15, -0.1) is 0 Å². The largest absolute Gasteiger partial charge is 0.488 e. The summed E-state index contributed by atoms with van der Waals surface area (Å²) >= 11 is 1.59. The van der Waals surface area contributed by atoms with Crippen LogP contribution in [0.2, 0.25) is 0 Å². The molecule has 3 N–H and O–H groups in total. The Balaban J connectivity index is 1.46. The van der Waals surface area contributed by atoms with Crippen LogP contribution in [0, 0.1) is 6.92 Å². The van der Waals surface area contributed by atoms with Gasteiger partial charge in [0.15, 0.2) is 0 Å². The number of aliphatic imine (C=N–C) groups is 1. The highest BCUT2D eigenvalue weighted by Crippen LogP contribution is 2.37. The number of aryl methyl sites for hydroxylation is 1. The molecule has 5 rings (SSSR count). The van der Waals surface area contributed by atoms with Crippen LogP contribution in [0.25, 0.3) is 10.9 Å². The van der Waals surface area contributed by atoms with Crippen LogP contribution in [-0.4, -0.2) is 47.0 Å². The summed E-state index contributed by atoms with van der Waals surface area (Å²) in [6.45, 7) is 4.05. The van der Waals surface area contributed by atoms with Crippen LogP contribution in [-0.2, 0) is 9.53 Å². The van der Waals surface area contributed by atoms with Crippen molar-refractivity contribution in [3.63, 3.8) is 0 Å². The van der Waals surface area contributed by atoms with Gasteiger partial charge in [0.2, 0.25) is 5.91 Å². The minimum atomic E-state index is -0.300. The highest BCUT2D eigenvalue weighted by molar-refractivity contribution is 8.15. The van der Waals surface area contributed by atoms with Crippen LogP contribution >= 0.6 is 11.8 Å². The molecule has 3 heterocycles. The molecule has 1 atom stereocenters. The monoisotopic (exact) mass is 465 g/mol. The number of nitrogens with one attached hydrogen (secondary N) is 1. The van der Waals surface area contributed by atoms with Gasteiger partial charge in [0.05, 0.1) is 31.0 Å². The van der Waals surface area contributed by atoms with E-state index < -0.39 is 0 Å². The number of ether oxygens (including phenoxy) is 3. The van der Waals surface area contributed by atoms with E-state index in [4.69, 9.17) is 19.9 Å². The number of thioether (sulfide) groups is 1. The number of benzene rings is 2. The number of H-pyrrole nitrogens is 1. The van der Waals surface area contributed by atoms with E-state index in [0.29, 0.717) is 31.9 Å². The number of nitrogens with two attached hydrogens (primary N) is 1. The lowest BCUT2D eigenvalue weighted by Gasteiger charge is -2.24. The van der Waals surface area contributed by atoms with Gasteiger partial charge in [0, 0.05) is 36.0 Å². The highest BCUT2D eigenvalue weighted by atomic mass is 32.2. The number of primary amides is 1. The molecule has 1 saturated heterocycles. The minimum absolute atomic E-state index is 0.0855. The fraction of sp³-hybridized carbons (Fsp3) is 0.360. The Bertz CT molecular complexity index is 1180. The van der Waals surface area contributed by atoms with E-state index in [-0.39, 0.29) is 17.3 Å². The maximum atomic E-state index is 11.3. The summed E-state index contributed by atoms with van der Waals surface area (Å²) in [7, 11) is 0. The SMILES string of the molecule is Cc1ccc(Oc2cc(OC3CCOCC3)c3[nH]c(C4=NCC(CC(N)=O)S4)cc3c2)cc1. The molecule has 0 bridgehead atoms. The zero-order valence-corrected chi connectivity index (χ0v) is 19.3. The fourth-order valence-electron chi connectivity index (χ4n) is 4.06. The summed E-state index contributed by atoms with van der Waals surface area (Å²) in [4.78, 5) is 19.4. The van der Waals surface area contributed by atoms with Crippen molar-refractivity contribution in [3.05, 3.63) is 53.7 Å². The molecule has 1 amide bonds. The molecular weight excluding hydrogens is 438 g/mol. The van der Waals surface area contributed by atoms with E-state index in [1.165, 1.54) is 5.56 Å². The Labute approximate surface area is 196 Å². The predicted molar refractivity (Wildman–Crippen MR) is 131 cm³/mol. The molecule has 0 saturated carbocycles. The summed E-state index contributed by atoms with van der Waals surface area (Å²) in [5, 5.41) is 1.95. The molecule has 33 heavy (non-hydrogen) atoms. The van der Waals surface area contributed by atoms with E-state index in [2.05, 4.69) is 23.0 Å². The summed E-state index contributed by atoms with van der Waals surface area (Å²) in [6, 6.07) is 14.0. The van der Waals surface area contributed by atoms with Gasteiger partial charge in [-0.2, -0.15) is 0 Å². The third-order valence-electron chi connectivity index (χ3n) is 5.76. The van der Waals surface area contributed by atoms with Gasteiger partial charge in [-0.1, -0.05) is 29.5 Å². The van der Waals surface area contributed by atoms with Gasteiger partial charge in [-0.25, -0.2) is 0 Å². The first-order chi connectivity index (χ1) is 16.0. The highest BCUT2D eigenvalue weighted by Gasteiger charge is 2.25. The molecule has 172 valence electrons. The predicted octanol–water partition coefficient (Wildman–Crippen LogP) is 4.56. The fourth-order valence-corrected chi connectivity index (χ4v) is 5.16. The summed E-state index contributed by atoms with van der Waals surface area (Å²) < 4.78 is 18.1. The van der Waals surface area contributed by atoms with Crippen LogP contribution in [0.5, 0.6) is 17.2 Å². The normalized spacial score (nSPS) is 18.9. The lowest BCUT2D eigenvalue weighted by Crippen LogP contribution is -2.25. The smallest absolute Gasteiger partial charge is 0.218 e. The third-order valence-corrected chi connectivity index (χ3v) is 6.98. The average molecular weight is 466 g/mol. The van der Waals surface area contributed by atoms with Gasteiger partial charge in [-0.3, -0.25) is 9.79 Å². The number of rotatable bonds is 7. The first-order valence-corrected chi connectivity index (χ1v) is 12.1. The second-order valence-electron chi connectivity index (χ2n) is 8.47. The molecule has 7 nitrogen and oxygen atoms in total. The molecule has 2 aliphatic heterocycles. The molecule has 0 aliphatic carbocycles. The van der Waals surface area contributed by atoms with Gasteiger partial charge >= 0.3 is 0 Å². The van der Waals surface area contributed by atoms with Crippen molar-refractivity contribution in [2.45, 2.75) is 37.5 Å². The van der Waals surface area contributed by atoms with E-state index in [1.54, 1.807) is 11.8 Å². The van der Waals surface area contributed by atoms with Gasteiger partial charge in [0.1, 0.15) is 28.4 Å². The number of hydrogen-bond donors (Lipinski definition) is 2. The quantitative estimate of drug-likeness (QED) is 0.533. The van der Waals surface area contributed by atoms with Crippen molar-refractivity contribution >= 4 is 33.6 Å². The lowest BCUT2D eigenvalue weighted by molar-refractivity contribution is -0.117. The van der Waals surface area contributed by atoms with Gasteiger partial charge in [-0.05, 0) is 31.2 Å². The van der Waals surface area contributed by atoms with Gasteiger partial charge < -0.3 is 24.9 Å². The number of hydrogen-bond acceptors (Lipinski definition) is 6. The number of aromatic nitrogens is 1. The molecule has 2 aromatic carbocycles. The second kappa shape index (κ2) is 9.49. The molecule has 1 unspecified atom stereocenters. The number of carbonyl (C=O) groups is 1. The summed E-state index contributed by atoms with van der Waals surface area (Å²) in [5.41, 5.74) is 8.37. The Hall–Kier alpha value is -2.97. The average Bonchev–Trinajstić information content (AvgIpc) is 3.43. The van der Waals surface area contributed by atoms with Crippen LogP contribution in [0.3, 0.4) is 0 Å². The number of carbonyl (C=O) groups excluding carboxylic acids is 1. The molecule has 1 fully saturated rings. The minimum Gasteiger partial charge on any atom is -0.488 e. The van der Waals surface area contributed by atoms with E-state index in [1.807, 2.05) is 36.4 Å². The van der Waals surface area contributed by atoms with Crippen molar-refractivity contribution in [1.29, 1.82) is 0 Å². The Kier molecular flexibility index (Phi) is 6.28. The topological polar surface area (TPSA) is 98.9 Å². The van der Waals surface area contributed by atoms with Crippen molar-refractivity contribution in [3.8, 4) is 17.2 Å². The molecule has 3 aromatic rings. The first kappa shape index (κ1) is 21.9. The number of nitrogens with zero attached hydrogens (tertiary/aromatic N) is 1. The van der Waals surface area contributed by atoms with Crippen molar-refractivity contribution in [1.82, 2.24) is 4.98 Å². The van der Waals surface area contributed by atoms with Gasteiger partial charge in [0.25, 0.3) is 0 Å². The van der Waals surface area contributed by atoms with Crippen LogP contribution < -0.4 is 15.2 Å². The molecule has 0 spiro atoms. The number of aromatic amines is 1. The first-order valence-electron chi connectivity index (χ1n) is 11.2. The zero-order chi connectivity index (χ0) is 22.8. The third kappa shape index (κ3) is 5.17. The Morgan fingerprint density at radius 1 is 1.18 bits per heavy atom. The van der Waals surface area contributed by atoms with E-state index >= 15 is 0 Å². The van der Waals surface area contributed by atoms with Crippen LogP contribution in [0.4, 0.5) is 0 Å². The van der Waals surface area contributed by atoms with E-state index in [0.717, 1.165) is 46.0 Å². The molecular formula is C25H27N3O4S. The molecule has 0 radical (unpaired) electrons. The summed E-state index contributed by atoms with van der Waals surface area (Å²) in [5.74, 6) is 1.94. The Morgan fingerprint density at radius 2 is 1.97 bits per heavy atom. The van der Waals surface area contributed by atoms with E-state index in [9.17, 15) is 4.79 Å². The standard InChI is InChI=1S/C25H27N3O4S/c1-15-2-4-17(5-3-15)31-19-10-16-11-21(25-27-14-20(33-25)13-23(26)29)28-24(16)22(12-19)32-18-6-8-30-9-7-18/h2-5,10-12,18,20,28H,6-9,13-14H2,1H3,(H2,26,29). The van der Waals surface area contributed by atoms with Crippen LogP contribution in [0.1, 0.15) is 30.5 Å². The molecule has 1 aromatic heterocycles. The van der Waals surface area contributed by atoms with Crippen molar-refractivity contribution in [2.75, 3.05) is 19.8 Å². The maximum absolute atomic E-state index is 11.3. The van der Waals surface area contributed by atoms with Crippen molar-refractivity contribution < 1.29 is 19.0 Å². The summed E-state index contributed by atoms with van der Waals surface area (Å²) in [6.07, 6.45) is 2.14. The van der Waals surface area contributed by atoms with Crippen molar-refractivity contribution in [2.24, 2.45) is 10.7 Å². The van der Waals surface area contributed by atoms with Crippen LogP contribution in [0.15, 0.2) is 47.5 Å². The molecule has 8 heteroatoms.